The minimum Gasteiger partial charge on any atom is -0.493 e. The number of hydrogen-bond donors (Lipinski definition) is 1. The number of rotatable bonds is 5. The van der Waals surface area contributed by atoms with E-state index in [9.17, 15) is 4.39 Å². The Hall–Kier alpha value is -1.85. The molecule has 1 aliphatic carbocycles. The van der Waals surface area contributed by atoms with Crippen molar-refractivity contribution in [2.75, 3.05) is 12.4 Å². The number of para-hydroxylation sites is 1. The van der Waals surface area contributed by atoms with Gasteiger partial charge in [-0.3, -0.25) is 0 Å². The van der Waals surface area contributed by atoms with Crippen molar-refractivity contribution in [3.63, 3.8) is 0 Å². The summed E-state index contributed by atoms with van der Waals surface area (Å²) in [6, 6.07) is 10.1. The molecule has 0 saturated heterocycles. The molecule has 0 aliphatic heterocycles. The Morgan fingerprint density at radius 1 is 1.20 bits per heavy atom. The lowest BCUT2D eigenvalue weighted by atomic mass is 10.1. The fraction of sp³-hybridized carbons (Fsp3) is 0.316. The summed E-state index contributed by atoms with van der Waals surface area (Å²) in [4.78, 5) is 0.240. The second-order valence-electron chi connectivity index (χ2n) is 5.94. The van der Waals surface area contributed by atoms with Gasteiger partial charge in [-0.2, -0.15) is 0 Å². The van der Waals surface area contributed by atoms with Gasteiger partial charge in [0.25, 0.3) is 0 Å². The molecule has 0 atom stereocenters. The zero-order valence-electron chi connectivity index (χ0n) is 13.9. The van der Waals surface area contributed by atoms with E-state index in [0.29, 0.717) is 22.2 Å². The van der Waals surface area contributed by atoms with Crippen LogP contribution < -0.4 is 14.8 Å². The molecular formula is C19H19ClFNO2S. The smallest absolute Gasteiger partial charge is 0.163 e. The van der Waals surface area contributed by atoms with E-state index >= 15 is 0 Å². The van der Waals surface area contributed by atoms with Crippen molar-refractivity contribution in [3.05, 3.63) is 52.8 Å². The molecule has 132 valence electrons. The quantitative estimate of drug-likeness (QED) is 0.685. The van der Waals surface area contributed by atoms with E-state index in [1.165, 1.54) is 13.2 Å². The van der Waals surface area contributed by atoms with Crippen LogP contribution in [0.3, 0.4) is 0 Å². The molecule has 1 fully saturated rings. The molecule has 0 unspecified atom stereocenters. The number of thiocarbonyl (C=S) groups is 1. The zero-order chi connectivity index (χ0) is 17.8. The fourth-order valence-electron chi connectivity index (χ4n) is 2.90. The van der Waals surface area contributed by atoms with Crippen LogP contribution in [0.15, 0.2) is 36.4 Å². The van der Waals surface area contributed by atoms with Gasteiger partial charge in [0.05, 0.1) is 23.9 Å². The van der Waals surface area contributed by atoms with Crippen LogP contribution in [0.4, 0.5) is 10.1 Å². The molecule has 3 rings (SSSR count). The van der Waals surface area contributed by atoms with E-state index in [1.807, 2.05) is 12.1 Å². The van der Waals surface area contributed by atoms with E-state index in [2.05, 4.69) is 5.32 Å². The normalized spacial score (nSPS) is 14.4. The van der Waals surface area contributed by atoms with Crippen LogP contribution in [0, 0.1) is 5.82 Å². The van der Waals surface area contributed by atoms with Crippen molar-refractivity contribution in [2.24, 2.45) is 0 Å². The van der Waals surface area contributed by atoms with E-state index in [1.54, 1.807) is 18.2 Å². The molecule has 2 aromatic rings. The third-order valence-electron chi connectivity index (χ3n) is 4.22. The standard InChI is InChI=1S/C19H19ClFNO2S/c1-23-17-11-15(21)13(10-18(17)24-12-6-2-3-7-12)19(25)22-16-9-5-4-8-14(16)20/h4-5,8-12H,2-3,6-7H2,1H3,(H,22,25). The third kappa shape index (κ3) is 4.22. The van der Waals surface area contributed by atoms with Crippen molar-refractivity contribution < 1.29 is 13.9 Å². The van der Waals surface area contributed by atoms with Gasteiger partial charge in [0.15, 0.2) is 11.5 Å². The van der Waals surface area contributed by atoms with E-state index in [-0.39, 0.29) is 16.7 Å². The molecule has 1 saturated carbocycles. The largest absolute Gasteiger partial charge is 0.493 e. The topological polar surface area (TPSA) is 30.5 Å². The van der Waals surface area contributed by atoms with E-state index in [0.717, 1.165) is 25.7 Å². The maximum Gasteiger partial charge on any atom is 0.163 e. The number of nitrogens with one attached hydrogen (secondary N) is 1. The van der Waals surface area contributed by atoms with Crippen LogP contribution in [0.25, 0.3) is 0 Å². The summed E-state index contributed by atoms with van der Waals surface area (Å²) < 4.78 is 25.8. The van der Waals surface area contributed by atoms with E-state index < -0.39 is 5.82 Å². The average molecular weight is 380 g/mol. The number of hydrogen-bond acceptors (Lipinski definition) is 3. The summed E-state index contributed by atoms with van der Waals surface area (Å²) in [5.74, 6) is 0.406. The highest BCUT2D eigenvalue weighted by molar-refractivity contribution is 7.81. The fourth-order valence-corrected chi connectivity index (χ4v) is 3.35. The Morgan fingerprint density at radius 2 is 1.92 bits per heavy atom. The zero-order valence-corrected chi connectivity index (χ0v) is 15.4. The van der Waals surface area contributed by atoms with Crippen LogP contribution in [-0.2, 0) is 0 Å². The van der Waals surface area contributed by atoms with E-state index in [4.69, 9.17) is 33.3 Å². The van der Waals surface area contributed by atoms with Crippen molar-refractivity contribution in [3.8, 4) is 11.5 Å². The minimum absolute atomic E-state index is 0.136. The maximum atomic E-state index is 14.5. The lowest BCUT2D eigenvalue weighted by Crippen LogP contribution is -2.15. The van der Waals surface area contributed by atoms with Gasteiger partial charge < -0.3 is 14.8 Å². The molecule has 1 aliphatic rings. The Morgan fingerprint density at radius 3 is 2.60 bits per heavy atom. The summed E-state index contributed by atoms with van der Waals surface area (Å²) in [6.45, 7) is 0. The summed E-state index contributed by atoms with van der Waals surface area (Å²) >= 11 is 11.5. The second-order valence-corrected chi connectivity index (χ2v) is 6.76. The molecule has 0 bridgehead atoms. The molecule has 0 spiro atoms. The van der Waals surface area contributed by atoms with Gasteiger partial charge in [0.2, 0.25) is 0 Å². The number of anilines is 1. The molecule has 2 aromatic carbocycles. The van der Waals surface area contributed by atoms with Crippen LogP contribution in [0.1, 0.15) is 31.2 Å². The lowest BCUT2D eigenvalue weighted by molar-refractivity contribution is 0.200. The highest BCUT2D eigenvalue weighted by atomic mass is 35.5. The maximum absolute atomic E-state index is 14.5. The summed E-state index contributed by atoms with van der Waals surface area (Å²) in [5, 5.41) is 3.50. The van der Waals surface area contributed by atoms with Crippen molar-refractivity contribution in [1.29, 1.82) is 0 Å². The Labute approximate surface area is 157 Å². The molecule has 0 amide bonds. The third-order valence-corrected chi connectivity index (χ3v) is 4.87. The molecular weight excluding hydrogens is 361 g/mol. The lowest BCUT2D eigenvalue weighted by Gasteiger charge is -2.18. The molecule has 3 nitrogen and oxygen atoms in total. The summed E-state index contributed by atoms with van der Waals surface area (Å²) in [7, 11) is 1.50. The molecule has 0 radical (unpaired) electrons. The SMILES string of the molecule is COc1cc(F)c(C(=S)Nc2ccccc2Cl)cc1OC1CCCC1. The first-order valence-corrected chi connectivity index (χ1v) is 8.97. The van der Waals surface area contributed by atoms with Crippen molar-refractivity contribution >= 4 is 34.5 Å². The van der Waals surface area contributed by atoms with Gasteiger partial charge in [0.1, 0.15) is 10.8 Å². The van der Waals surface area contributed by atoms with Gasteiger partial charge in [-0.15, -0.1) is 0 Å². The predicted molar refractivity (Wildman–Crippen MR) is 103 cm³/mol. The highest BCUT2D eigenvalue weighted by Gasteiger charge is 2.21. The first-order chi connectivity index (χ1) is 12.1. The van der Waals surface area contributed by atoms with Crippen molar-refractivity contribution in [1.82, 2.24) is 0 Å². The number of methoxy groups -OCH3 is 1. The first-order valence-electron chi connectivity index (χ1n) is 8.18. The van der Waals surface area contributed by atoms with Gasteiger partial charge in [-0.05, 0) is 43.9 Å². The van der Waals surface area contributed by atoms with Crippen molar-refractivity contribution in [2.45, 2.75) is 31.8 Å². The van der Waals surface area contributed by atoms with Crippen LogP contribution in [0.5, 0.6) is 11.5 Å². The van der Waals surface area contributed by atoms with Gasteiger partial charge in [-0.25, -0.2) is 4.39 Å². The molecule has 0 aromatic heterocycles. The van der Waals surface area contributed by atoms with Crippen LogP contribution in [0.2, 0.25) is 5.02 Å². The van der Waals surface area contributed by atoms with Gasteiger partial charge in [0, 0.05) is 11.6 Å². The highest BCUT2D eigenvalue weighted by Crippen LogP contribution is 2.34. The van der Waals surface area contributed by atoms with Crippen LogP contribution in [-0.4, -0.2) is 18.2 Å². The first kappa shape index (κ1) is 18.0. The Bertz CT molecular complexity index is 778. The summed E-state index contributed by atoms with van der Waals surface area (Å²) in [5.41, 5.74) is 0.881. The monoisotopic (exact) mass is 379 g/mol. The number of halogens is 2. The molecule has 6 heteroatoms. The minimum atomic E-state index is -0.472. The predicted octanol–water partition coefficient (Wildman–Crippen LogP) is 5.60. The summed E-state index contributed by atoms with van der Waals surface area (Å²) in [6.07, 6.45) is 4.43. The number of benzene rings is 2. The molecule has 0 heterocycles. The molecule has 1 N–H and O–H groups in total. The second kappa shape index (κ2) is 8.02. The van der Waals surface area contributed by atoms with Gasteiger partial charge in [-0.1, -0.05) is 36.0 Å². The Balaban J connectivity index is 1.86. The average Bonchev–Trinajstić information content (AvgIpc) is 3.11. The van der Waals surface area contributed by atoms with Crippen LogP contribution >= 0.6 is 23.8 Å². The Kier molecular flexibility index (Phi) is 5.76. The van der Waals surface area contributed by atoms with Gasteiger partial charge >= 0.3 is 0 Å². The molecule has 25 heavy (non-hydrogen) atoms. The number of ether oxygens (including phenoxy) is 2.